The number of para-hydroxylation sites is 1. The van der Waals surface area contributed by atoms with E-state index in [4.69, 9.17) is 24.7 Å². The molecule has 2 rings (SSSR count). The third-order valence-corrected chi connectivity index (χ3v) is 3.25. The average Bonchev–Trinajstić information content (AvgIpc) is 2.92. The number of nitrogens with two attached hydrogens (primary N) is 1. The molecule has 1 aliphatic rings. The van der Waals surface area contributed by atoms with Crippen LogP contribution in [0, 0.1) is 0 Å². The molecule has 5 heteroatoms. The summed E-state index contributed by atoms with van der Waals surface area (Å²) in [7, 11) is 3.22. The molecule has 2 N–H and O–H groups in total. The van der Waals surface area contributed by atoms with Crippen molar-refractivity contribution in [2.45, 2.75) is 25.0 Å². The van der Waals surface area contributed by atoms with Gasteiger partial charge in [-0.1, -0.05) is 6.07 Å². The van der Waals surface area contributed by atoms with Crippen LogP contribution >= 0.6 is 0 Å². The van der Waals surface area contributed by atoms with E-state index in [1.54, 1.807) is 14.2 Å². The number of ether oxygens (including phenoxy) is 4. The van der Waals surface area contributed by atoms with Gasteiger partial charge in [-0.3, -0.25) is 0 Å². The highest BCUT2D eigenvalue weighted by molar-refractivity contribution is 5.51. The van der Waals surface area contributed by atoms with Gasteiger partial charge in [-0.2, -0.15) is 0 Å². The van der Waals surface area contributed by atoms with E-state index in [-0.39, 0.29) is 12.2 Å². The maximum Gasteiger partial charge on any atom is 0.203 e. The topological polar surface area (TPSA) is 62.9 Å². The lowest BCUT2D eigenvalue weighted by Gasteiger charge is -2.17. The average molecular weight is 267 g/mol. The number of rotatable bonds is 6. The van der Waals surface area contributed by atoms with Crippen molar-refractivity contribution in [3.63, 3.8) is 0 Å². The Kier molecular flexibility index (Phi) is 4.87. The Bertz CT molecular complexity index is 388. The Balaban J connectivity index is 1.99. The van der Waals surface area contributed by atoms with Crippen molar-refractivity contribution in [2.75, 3.05) is 27.4 Å². The van der Waals surface area contributed by atoms with Crippen LogP contribution < -0.4 is 19.9 Å². The van der Waals surface area contributed by atoms with Crippen molar-refractivity contribution in [3.05, 3.63) is 18.2 Å². The van der Waals surface area contributed by atoms with Crippen LogP contribution in [0.5, 0.6) is 17.2 Å². The fourth-order valence-corrected chi connectivity index (χ4v) is 2.21. The van der Waals surface area contributed by atoms with Crippen LogP contribution in [0.2, 0.25) is 0 Å². The Morgan fingerprint density at radius 2 is 1.79 bits per heavy atom. The molecule has 0 radical (unpaired) electrons. The van der Waals surface area contributed by atoms with E-state index in [0.29, 0.717) is 30.4 Å². The van der Waals surface area contributed by atoms with E-state index in [1.165, 1.54) is 0 Å². The molecule has 0 spiro atoms. The molecule has 0 saturated carbocycles. The minimum atomic E-state index is 0.0863. The Morgan fingerprint density at radius 3 is 2.32 bits per heavy atom. The molecule has 5 nitrogen and oxygen atoms in total. The molecular weight excluding hydrogens is 246 g/mol. The first-order chi connectivity index (χ1) is 9.28. The van der Waals surface area contributed by atoms with Crippen molar-refractivity contribution in [1.82, 2.24) is 0 Å². The number of hydrogen-bond donors (Lipinski definition) is 1. The van der Waals surface area contributed by atoms with Crippen LogP contribution in [-0.4, -0.2) is 39.6 Å². The zero-order chi connectivity index (χ0) is 13.7. The summed E-state index contributed by atoms with van der Waals surface area (Å²) in [4.78, 5) is 0. The number of benzene rings is 1. The summed E-state index contributed by atoms with van der Waals surface area (Å²) in [5.74, 6) is 1.94. The van der Waals surface area contributed by atoms with Gasteiger partial charge in [-0.15, -0.1) is 0 Å². The van der Waals surface area contributed by atoms with E-state index in [1.807, 2.05) is 18.2 Å². The molecule has 19 heavy (non-hydrogen) atoms. The smallest absolute Gasteiger partial charge is 0.203 e. The van der Waals surface area contributed by atoms with Gasteiger partial charge in [-0.05, 0) is 25.0 Å². The molecule has 2 unspecified atom stereocenters. The molecule has 1 aliphatic heterocycles. The monoisotopic (exact) mass is 267 g/mol. The molecule has 0 amide bonds. The van der Waals surface area contributed by atoms with Gasteiger partial charge >= 0.3 is 0 Å². The second-order valence-corrected chi connectivity index (χ2v) is 4.50. The molecule has 0 bridgehead atoms. The van der Waals surface area contributed by atoms with Crippen molar-refractivity contribution < 1.29 is 18.9 Å². The number of hydrogen-bond acceptors (Lipinski definition) is 5. The van der Waals surface area contributed by atoms with Crippen LogP contribution in [0.4, 0.5) is 0 Å². The van der Waals surface area contributed by atoms with E-state index >= 15 is 0 Å². The van der Waals surface area contributed by atoms with Crippen LogP contribution in [0.25, 0.3) is 0 Å². The largest absolute Gasteiger partial charge is 0.493 e. The summed E-state index contributed by atoms with van der Waals surface area (Å²) >= 11 is 0. The molecular formula is C14H21NO4. The molecule has 1 heterocycles. The minimum absolute atomic E-state index is 0.0863. The summed E-state index contributed by atoms with van der Waals surface area (Å²) in [6.07, 6.45) is 2.21. The van der Waals surface area contributed by atoms with E-state index < -0.39 is 0 Å². The molecule has 0 aromatic heterocycles. The van der Waals surface area contributed by atoms with Gasteiger partial charge in [0.1, 0.15) is 6.61 Å². The standard InChI is InChI=1S/C14H21NO4/c1-16-12-4-3-5-13(17-2)14(12)18-9-11-7-6-10(8-15)19-11/h3-5,10-11H,6-9,15H2,1-2H3. The van der Waals surface area contributed by atoms with Gasteiger partial charge in [0.15, 0.2) is 11.5 Å². The maximum absolute atomic E-state index is 5.81. The molecule has 0 aliphatic carbocycles. The highest BCUT2D eigenvalue weighted by Crippen LogP contribution is 2.37. The van der Waals surface area contributed by atoms with Gasteiger partial charge in [0.25, 0.3) is 0 Å². The zero-order valence-electron chi connectivity index (χ0n) is 11.4. The zero-order valence-corrected chi connectivity index (χ0v) is 11.4. The van der Waals surface area contributed by atoms with Crippen molar-refractivity contribution in [2.24, 2.45) is 5.73 Å². The summed E-state index contributed by atoms with van der Waals surface area (Å²) < 4.78 is 22.1. The van der Waals surface area contributed by atoms with Gasteiger partial charge < -0.3 is 24.7 Å². The Labute approximate surface area is 113 Å². The minimum Gasteiger partial charge on any atom is -0.493 e. The molecule has 1 saturated heterocycles. The van der Waals surface area contributed by atoms with E-state index in [0.717, 1.165) is 12.8 Å². The normalized spacial score (nSPS) is 22.3. The Morgan fingerprint density at radius 1 is 1.16 bits per heavy atom. The summed E-state index contributed by atoms with van der Waals surface area (Å²) in [5.41, 5.74) is 5.59. The third-order valence-electron chi connectivity index (χ3n) is 3.25. The quantitative estimate of drug-likeness (QED) is 0.848. The first-order valence-electron chi connectivity index (χ1n) is 6.47. The maximum atomic E-state index is 5.81. The molecule has 1 aromatic rings. The second-order valence-electron chi connectivity index (χ2n) is 4.50. The lowest BCUT2D eigenvalue weighted by molar-refractivity contribution is 0.0211. The number of methoxy groups -OCH3 is 2. The fraction of sp³-hybridized carbons (Fsp3) is 0.571. The molecule has 1 fully saturated rings. The van der Waals surface area contributed by atoms with Crippen LogP contribution in [0.15, 0.2) is 18.2 Å². The van der Waals surface area contributed by atoms with Crippen LogP contribution in [-0.2, 0) is 4.74 Å². The third kappa shape index (κ3) is 3.30. The van der Waals surface area contributed by atoms with E-state index in [9.17, 15) is 0 Å². The van der Waals surface area contributed by atoms with Crippen molar-refractivity contribution in [3.8, 4) is 17.2 Å². The van der Waals surface area contributed by atoms with Gasteiger partial charge in [0.2, 0.25) is 5.75 Å². The van der Waals surface area contributed by atoms with Gasteiger partial charge in [-0.25, -0.2) is 0 Å². The predicted molar refractivity (Wildman–Crippen MR) is 72.0 cm³/mol. The highest BCUT2D eigenvalue weighted by atomic mass is 16.6. The van der Waals surface area contributed by atoms with Crippen LogP contribution in [0.3, 0.4) is 0 Å². The summed E-state index contributed by atoms with van der Waals surface area (Å²) in [6, 6.07) is 5.55. The van der Waals surface area contributed by atoms with Crippen molar-refractivity contribution >= 4 is 0 Å². The van der Waals surface area contributed by atoms with Crippen molar-refractivity contribution in [1.29, 1.82) is 0 Å². The molecule has 106 valence electrons. The first kappa shape index (κ1) is 14.0. The summed E-state index contributed by atoms with van der Waals surface area (Å²) in [6.45, 7) is 1.04. The molecule has 2 atom stereocenters. The second kappa shape index (κ2) is 6.63. The highest BCUT2D eigenvalue weighted by Gasteiger charge is 2.25. The molecule has 1 aromatic carbocycles. The lowest BCUT2D eigenvalue weighted by atomic mass is 10.2. The predicted octanol–water partition coefficient (Wildman–Crippen LogP) is 1.59. The SMILES string of the molecule is COc1cccc(OC)c1OCC1CCC(CN)O1. The summed E-state index contributed by atoms with van der Waals surface area (Å²) in [5, 5.41) is 0. The first-order valence-corrected chi connectivity index (χ1v) is 6.47. The van der Waals surface area contributed by atoms with Crippen LogP contribution in [0.1, 0.15) is 12.8 Å². The Hall–Kier alpha value is -1.46. The fourth-order valence-electron chi connectivity index (χ4n) is 2.21. The lowest BCUT2D eigenvalue weighted by Crippen LogP contribution is -2.23. The van der Waals surface area contributed by atoms with Gasteiger partial charge in [0.05, 0.1) is 26.4 Å². The van der Waals surface area contributed by atoms with Gasteiger partial charge in [0, 0.05) is 6.54 Å². The van der Waals surface area contributed by atoms with E-state index in [2.05, 4.69) is 0 Å².